The van der Waals surface area contributed by atoms with Gasteiger partial charge in [0.25, 0.3) is 5.91 Å². The van der Waals surface area contributed by atoms with Gasteiger partial charge in [-0.1, -0.05) is 12.1 Å². The van der Waals surface area contributed by atoms with E-state index in [2.05, 4.69) is 20.7 Å². The maximum atomic E-state index is 12.6. The van der Waals surface area contributed by atoms with E-state index < -0.39 is 0 Å². The maximum Gasteiger partial charge on any atom is 0.255 e. The lowest BCUT2D eigenvalue weighted by Crippen LogP contribution is -2.22. The van der Waals surface area contributed by atoms with Crippen molar-refractivity contribution in [1.29, 1.82) is 0 Å². The first-order valence-corrected chi connectivity index (χ1v) is 8.20. The van der Waals surface area contributed by atoms with Gasteiger partial charge in [-0.05, 0) is 29.8 Å². The van der Waals surface area contributed by atoms with Gasteiger partial charge >= 0.3 is 0 Å². The lowest BCUT2D eigenvalue weighted by Gasteiger charge is -2.07. The topological polar surface area (TPSA) is 91.3 Å². The van der Waals surface area contributed by atoms with Crippen molar-refractivity contribution in [2.24, 2.45) is 0 Å². The number of H-pyrrole nitrogens is 1. The molecule has 0 radical (unpaired) electrons. The molecule has 0 aliphatic heterocycles. The maximum absolute atomic E-state index is 12.6. The third-order valence-electron chi connectivity index (χ3n) is 4.21. The van der Waals surface area contributed by atoms with E-state index in [1.54, 1.807) is 22.8 Å². The van der Waals surface area contributed by atoms with Crippen LogP contribution >= 0.6 is 0 Å². The molecule has 0 spiro atoms. The molecule has 0 unspecified atom stereocenters. The van der Waals surface area contributed by atoms with E-state index in [0.717, 1.165) is 16.5 Å². The minimum absolute atomic E-state index is 0.167. The molecule has 7 heteroatoms. The summed E-state index contributed by atoms with van der Waals surface area (Å²) in [5.41, 5.74) is 3.78. The number of hydrogen-bond acceptors (Lipinski definition) is 3. The van der Waals surface area contributed by atoms with Crippen LogP contribution in [0.1, 0.15) is 22.8 Å². The molecule has 4 rings (SSSR count). The Kier molecular flexibility index (Phi) is 3.89. The van der Waals surface area contributed by atoms with E-state index in [4.69, 9.17) is 0 Å². The number of hydrogen-bond donors (Lipinski definition) is 3. The molecule has 0 bridgehead atoms. The number of amides is 2. The second-order valence-corrected chi connectivity index (χ2v) is 6.02. The number of aromatic nitrogens is 3. The molecule has 7 nitrogen and oxygen atoms in total. The third-order valence-corrected chi connectivity index (χ3v) is 4.21. The number of benzene rings is 1. The Bertz CT molecular complexity index is 1130. The highest BCUT2D eigenvalue weighted by molar-refractivity contribution is 6.01. The Hall–Kier alpha value is -3.61. The minimum Gasteiger partial charge on any atom is -0.361 e. The van der Waals surface area contributed by atoms with E-state index in [1.807, 2.05) is 30.5 Å². The van der Waals surface area contributed by atoms with Crippen LogP contribution < -0.4 is 10.6 Å². The molecule has 0 aliphatic rings. The average molecular weight is 347 g/mol. The van der Waals surface area contributed by atoms with Gasteiger partial charge in [-0.25, -0.2) is 4.52 Å². The van der Waals surface area contributed by atoms with Gasteiger partial charge in [-0.15, -0.1) is 0 Å². The fourth-order valence-electron chi connectivity index (χ4n) is 3.01. The van der Waals surface area contributed by atoms with Crippen LogP contribution in [0.2, 0.25) is 0 Å². The molecular formula is C19H17N5O2. The van der Waals surface area contributed by atoms with Crippen molar-refractivity contribution in [2.45, 2.75) is 13.5 Å². The van der Waals surface area contributed by atoms with Gasteiger partial charge in [0, 0.05) is 42.5 Å². The van der Waals surface area contributed by atoms with Gasteiger partial charge in [0.15, 0.2) is 0 Å². The summed E-state index contributed by atoms with van der Waals surface area (Å²) >= 11 is 0. The number of fused-ring (bicyclic) bond motifs is 2. The SMILES string of the molecule is CC(=O)Nc1ccn2ncc(C(=O)NCc3cccc4[nH]ccc34)c2c1. The number of nitrogens with one attached hydrogen (secondary N) is 3. The highest BCUT2D eigenvalue weighted by Crippen LogP contribution is 2.19. The molecule has 3 heterocycles. The summed E-state index contributed by atoms with van der Waals surface area (Å²) < 4.78 is 1.60. The summed E-state index contributed by atoms with van der Waals surface area (Å²) in [6, 6.07) is 11.4. The van der Waals surface area contributed by atoms with Gasteiger partial charge in [0.2, 0.25) is 5.91 Å². The molecule has 130 valence electrons. The number of carbonyl (C=O) groups is 2. The van der Waals surface area contributed by atoms with Crippen molar-refractivity contribution >= 4 is 33.9 Å². The zero-order chi connectivity index (χ0) is 18.1. The van der Waals surface area contributed by atoms with Crippen LogP contribution in [0.25, 0.3) is 16.4 Å². The number of pyridine rings is 1. The van der Waals surface area contributed by atoms with Crippen molar-refractivity contribution in [1.82, 2.24) is 19.9 Å². The Morgan fingerprint density at radius 3 is 2.96 bits per heavy atom. The molecule has 3 N–H and O–H groups in total. The van der Waals surface area contributed by atoms with Gasteiger partial charge in [0.1, 0.15) is 0 Å². The first-order chi connectivity index (χ1) is 12.6. The van der Waals surface area contributed by atoms with E-state index in [1.165, 1.54) is 13.1 Å². The standard InChI is InChI=1S/C19H17N5O2/c1-12(25)23-14-6-8-24-18(9-14)16(11-22-24)19(26)21-10-13-3-2-4-17-15(13)5-7-20-17/h2-9,11,20H,10H2,1H3,(H,21,26)(H,23,25). The van der Waals surface area contributed by atoms with Gasteiger partial charge < -0.3 is 15.6 Å². The molecule has 0 aliphatic carbocycles. The van der Waals surface area contributed by atoms with Crippen molar-refractivity contribution in [3.63, 3.8) is 0 Å². The molecule has 0 atom stereocenters. The predicted octanol–water partition coefficient (Wildman–Crippen LogP) is 2.70. The van der Waals surface area contributed by atoms with Crippen molar-refractivity contribution in [3.8, 4) is 0 Å². The van der Waals surface area contributed by atoms with Crippen LogP contribution in [0.3, 0.4) is 0 Å². The molecule has 4 aromatic rings. The second kappa shape index (κ2) is 6.36. The van der Waals surface area contributed by atoms with Crippen LogP contribution in [0.15, 0.2) is 55.0 Å². The highest BCUT2D eigenvalue weighted by atomic mass is 16.2. The Morgan fingerprint density at radius 2 is 2.12 bits per heavy atom. The molecule has 0 saturated carbocycles. The van der Waals surface area contributed by atoms with E-state index in [0.29, 0.717) is 23.3 Å². The van der Waals surface area contributed by atoms with Crippen LogP contribution in [0.4, 0.5) is 5.69 Å². The van der Waals surface area contributed by atoms with Crippen LogP contribution in [-0.4, -0.2) is 26.4 Å². The highest BCUT2D eigenvalue weighted by Gasteiger charge is 2.14. The van der Waals surface area contributed by atoms with E-state index in [-0.39, 0.29) is 11.8 Å². The second-order valence-electron chi connectivity index (χ2n) is 6.02. The van der Waals surface area contributed by atoms with Crippen molar-refractivity contribution in [3.05, 3.63) is 66.1 Å². The fourth-order valence-corrected chi connectivity index (χ4v) is 3.01. The number of aromatic amines is 1. The lowest BCUT2D eigenvalue weighted by molar-refractivity contribution is -0.114. The Balaban J connectivity index is 1.58. The zero-order valence-electron chi connectivity index (χ0n) is 14.1. The summed E-state index contributed by atoms with van der Waals surface area (Å²) in [6.45, 7) is 1.85. The van der Waals surface area contributed by atoms with Crippen LogP contribution in [0, 0.1) is 0 Å². The van der Waals surface area contributed by atoms with Crippen LogP contribution in [0.5, 0.6) is 0 Å². The zero-order valence-corrected chi connectivity index (χ0v) is 14.1. The normalized spacial score (nSPS) is 11.0. The largest absolute Gasteiger partial charge is 0.361 e. The van der Waals surface area contributed by atoms with E-state index >= 15 is 0 Å². The van der Waals surface area contributed by atoms with Gasteiger partial charge in [-0.3, -0.25) is 9.59 Å². The number of nitrogens with zero attached hydrogens (tertiary/aromatic N) is 2. The molecule has 1 aromatic carbocycles. The molecule has 26 heavy (non-hydrogen) atoms. The average Bonchev–Trinajstić information content (AvgIpc) is 3.25. The summed E-state index contributed by atoms with van der Waals surface area (Å²) in [7, 11) is 0. The first kappa shape index (κ1) is 15.9. The van der Waals surface area contributed by atoms with Gasteiger partial charge in [0.05, 0.1) is 17.3 Å². The summed E-state index contributed by atoms with van der Waals surface area (Å²) in [6.07, 6.45) is 5.11. The van der Waals surface area contributed by atoms with Gasteiger partial charge in [-0.2, -0.15) is 5.10 Å². The van der Waals surface area contributed by atoms with Crippen LogP contribution in [-0.2, 0) is 11.3 Å². The minimum atomic E-state index is -0.215. The quantitative estimate of drug-likeness (QED) is 0.530. The smallest absolute Gasteiger partial charge is 0.255 e. The molecular weight excluding hydrogens is 330 g/mol. The first-order valence-electron chi connectivity index (χ1n) is 8.20. The Morgan fingerprint density at radius 1 is 1.23 bits per heavy atom. The predicted molar refractivity (Wildman–Crippen MR) is 99.0 cm³/mol. The molecule has 0 saturated heterocycles. The Labute approximate surface area is 149 Å². The molecule has 3 aromatic heterocycles. The monoisotopic (exact) mass is 347 g/mol. The fraction of sp³-hybridized carbons (Fsp3) is 0.105. The number of anilines is 1. The van der Waals surface area contributed by atoms with E-state index in [9.17, 15) is 9.59 Å². The van der Waals surface area contributed by atoms with Crippen molar-refractivity contribution < 1.29 is 9.59 Å². The third kappa shape index (κ3) is 2.90. The van der Waals surface area contributed by atoms with Crippen molar-refractivity contribution in [2.75, 3.05) is 5.32 Å². The molecule has 0 fully saturated rings. The number of carbonyl (C=O) groups excluding carboxylic acids is 2. The summed E-state index contributed by atoms with van der Waals surface area (Å²) in [5.74, 6) is -0.382. The summed E-state index contributed by atoms with van der Waals surface area (Å²) in [4.78, 5) is 27.0. The number of rotatable bonds is 4. The molecule has 2 amide bonds. The lowest BCUT2D eigenvalue weighted by atomic mass is 10.1. The summed E-state index contributed by atoms with van der Waals surface area (Å²) in [5, 5.41) is 10.9.